The number of carbonyl (C=O) groups is 1. The zero-order chi connectivity index (χ0) is 27.1. The molecule has 1 saturated carbocycles. The standard InChI is InChI=1S/C31H33F3O4/c1-3-5-18-37-23-12-10-21(11-13-23)26-16-15-25(29(33)30(26)34)20-6-8-22(9-7-20)31(35)38-24-14-17-28(36-4-2)27(32)19-24/h10-17,19-20,22H,3-9,18H2,1-2H3. The first-order valence-corrected chi connectivity index (χ1v) is 13.3. The number of esters is 1. The molecule has 0 amide bonds. The van der Waals surface area contributed by atoms with Crippen LogP contribution in [0.15, 0.2) is 54.6 Å². The third kappa shape index (κ3) is 6.50. The van der Waals surface area contributed by atoms with Crippen molar-refractivity contribution in [2.24, 2.45) is 5.92 Å². The van der Waals surface area contributed by atoms with E-state index in [2.05, 4.69) is 6.92 Å². The van der Waals surface area contributed by atoms with Crippen LogP contribution in [0, 0.1) is 23.4 Å². The molecule has 0 N–H and O–H groups in total. The van der Waals surface area contributed by atoms with Gasteiger partial charge in [0.05, 0.1) is 19.1 Å². The second-order valence-corrected chi connectivity index (χ2v) is 9.55. The minimum absolute atomic E-state index is 0.0986. The second-order valence-electron chi connectivity index (χ2n) is 9.55. The summed E-state index contributed by atoms with van der Waals surface area (Å²) in [5, 5.41) is 0. The van der Waals surface area contributed by atoms with Gasteiger partial charge in [-0.2, -0.15) is 0 Å². The van der Waals surface area contributed by atoms with E-state index in [4.69, 9.17) is 14.2 Å². The van der Waals surface area contributed by atoms with Crippen LogP contribution in [0.5, 0.6) is 17.2 Å². The highest BCUT2D eigenvalue weighted by atomic mass is 19.2. The van der Waals surface area contributed by atoms with E-state index in [-0.39, 0.29) is 28.9 Å². The van der Waals surface area contributed by atoms with Gasteiger partial charge >= 0.3 is 5.97 Å². The van der Waals surface area contributed by atoms with E-state index < -0.39 is 23.4 Å². The van der Waals surface area contributed by atoms with Crippen LogP contribution in [0.25, 0.3) is 11.1 Å². The first-order chi connectivity index (χ1) is 18.4. The van der Waals surface area contributed by atoms with Gasteiger partial charge in [0.1, 0.15) is 11.5 Å². The van der Waals surface area contributed by atoms with Gasteiger partial charge in [0, 0.05) is 11.6 Å². The Morgan fingerprint density at radius 1 is 0.842 bits per heavy atom. The molecule has 7 heteroatoms. The maximum absolute atomic E-state index is 15.1. The summed E-state index contributed by atoms with van der Waals surface area (Å²) in [6.07, 6.45) is 3.99. The van der Waals surface area contributed by atoms with Crippen molar-refractivity contribution >= 4 is 5.97 Å². The summed E-state index contributed by atoms with van der Waals surface area (Å²) in [4.78, 5) is 12.6. The number of halogens is 3. The highest BCUT2D eigenvalue weighted by molar-refractivity contribution is 5.75. The summed E-state index contributed by atoms with van der Waals surface area (Å²) in [5.74, 6) is -2.44. The van der Waals surface area contributed by atoms with Crippen molar-refractivity contribution in [2.45, 2.75) is 58.3 Å². The average Bonchev–Trinajstić information content (AvgIpc) is 2.92. The topological polar surface area (TPSA) is 44.8 Å². The second kappa shape index (κ2) is 12.9. The lowest BCUT2D eigenvalue weighted by Gasteiger charge is -2.28. The number of hydrogen-bond acceptors (Lipinski definition) is 4. The normalized spacial score (nSPS) is 17.2. The predicted octanol–water partition coefficient (Wildman–Crippen LogP) is 8.23. The molecule has 0 spiro atoms. The summed E-state index contributed by atoms with van der Waals surface area (Å²) in [7, 11) is 0. The van der Waals surface area contributed by atoms with Gasteiger partial charge in [0.25, 0.3) is 0 Å². The first-order valence-electron chi connectivity index (χ1n) is 13.3. The Balaban J connectivity index is 1.36. The van der Waals surface area contributed by atoms with Gasteiger partial charge in [-0.15, -0.1) is 0 Å². The predicted molar refractivity (Wildman–Crippen MR) is 140 cm³/mol. The van der Waals surface area contributed by atoms with Gasteiger partial charge in [0.2, 0.25) is 0 Å². The number of unbranched alkanes of at least 4 members (excludes halogenated alkanes) is 1. The molecule has 4 nitrogen and oxygen atoms in total. The van der Waals surface area contributed by atoms with Crippen LogP contribution in [0.4, 0.5) is 13.2 Å². The van der Waals surface area contributed by atoms with Crippen LogP contribution < -0.4 is 14.2 Å². The number of ether oxygens (including phenoxy) is 3. The van der Waals surface area contributed by atoms with Crippen molar-refractivity contribution in [1.29, 1.82) is 0 Å². The van der Waals surface area contributed by atoms with Crippen molar-refractivity contribution < 1.29 is 32.2 Å². The molecule has 0 aromatic heterocycles. The highest BCUT2D eigenvalue weighted by Gasteiger charge is 2.31. The quantitative estimate of drug-likeness (QED) is 0.152. The minimum Gasteiger partial charge on any atom is -0.494 e. The maximum atomic E-state index is 15.1. The Kier molecular flexibility index (Phi) is 9.32. The van der Waals surface area contributed by atoms with Crippen molar-refractivity contribution in [3.63, 3.8) is 0 Å². The summed E-state index contributed by atoms with van der Waals surface area (Å²) in [5.41, 5.74) is 1.10. The monoisotopic (exact) mass is 526 g/mol. The average molecular weight is 527 g/mol. The molecule has 0 unspecified atom stereocenters. The first kappa shape index (κ1) is 27.6. The molecule has 0 bridgehead atoms. The van der Waals surface area contributed by atoms with Gasteiger partial charge in [-0.05, 0) is 80.3 Å². The van der Waals surface area contributed by atoms with E-state index in [1.807, 2.05) is 0 Å². The van der Waals surface area contributed by atoms with Gasteiger partial charge in [-0.1, -0.05) is 37.6 Å². The van der Waals surface area contributed by atoms with Crippen molar-refractivity contribution in [2.75, 3.05) is 13.2 Å². The van der Waals surface area contributed by atoms with E-state index in [0.29, 0.717) is 55.8 Å². The molecule has 4 rings (SSSR count). The fraction of sp³-hybridized carbons (Fsp3) is 0.387. The van der Waals surface area contributed by atoms with E-state index >= 15 is 8.78 Å². The Hall–Kier alpha value is -3.48. The molecule has 0 aliphatic heterocycles. The number of carbonyl (C=O) groups excluding carboxylic acids is 1. The molecule has 0 atom stereocenters. The molecule has 1 aliphatic carbocycles. The Labute approximate surface area is 221 Å². The van der Waals surface area contributed by atoms with Crippen LogP contribution >= 0.6 is 0 Å². The van der Waals surface area contributed by atoms with Crippen LogP contribution in [0.3, 0.4) is 0 Å². The molecule has 202 valence electrons. The molecular formula is C31H33F3O4. The van der Waals surface area contributed by atoms with Gasteiger partial charge in [-0.3, -0.25) is 4.79 Å². The fourth-order valence-electron chi connectivity index (χ4n) is 4.82. The highest BCUT2D eigenvalue weighted by Crippen LogP contribution is 2.39. The maximum Gasteiger partial charge on any atom is 0.314 e. The lowest BCUT2D eigenvalue weighted by Crippen LogP contribution is -2.25. The Bertz CT molecular complexity index is 1230. The minimum atomic E-state index is -0.874. The summed E-state index contributed by atoms with van der Waals surface area (Å²) in [6, 6.07) is 14.3. The largest absolute Gasteiger partial charge is 0.494 e. The lowest BCUT2D eigenvalue weighted by atomic mass is 9.78. The molecule has 0 saturated heterocycles. The van der Waals surface area contributed by atoms with Crippen LogP contribution in [0.1, 0.15) is 63.9 Å². The molecule has 1 fully saturated rings. The van der Waals surface area contributed by atoms with E-state index in [1.54, 1.807) is 43.3 Å². The molecule has 3 aromatic rings. The van der Waals surface area contributed by atoms with Crippen molar-refractivity contribution in [1.82, 2.24) is 0 Å². The zero-order valence-corrected chi connectivity index (χ0v) is 21.8. The molecule has 0 radical (unpaired) electrons. The molecule has 3 aromatic carbocycles. The van der Waals surface area contributed by atoms with Crippen molar-refractivity contribution in [3.05, 3.63) is 77.6 Å². The number of hydrogen-bond donors (Lipinski definition) is 0. The van der Waals surface area contributed by atoms with Crippen LogP contribution in [-0.2, 0) is 4.79 Å². The third-order valence-electron chi connectivity index (χ3n) is 6.97. The van der Waals surface area contributed by atoms with Gasteiger partial charge in [0.15, 0.2) is 23.2 Å². The molecule has 0 heterocycles. The molecular weight excluding hydrogens is 493 g/mol. The third-order valence-corrected chi connectivity index (χ3v) is 6.97. The van der Waals surface area contributed by atoms with E-state index in [1.165, 1.54) is 12.1 Å². The van der Waals surface area contributed by atoms with Crippen molar-refractivity contribution in [3.8, 4) is 28.4 Å². The lowest BCUT2D eigenvalue weighted by molar-refractivity contribution is -0.140. The zero-order valence-electron chi connectivity index (χ0n) is 21.8. The van der Waals surface area contributed by atoms with Gasteiger partial charge < -0.3 is 14.2 Å². The van der Waals surface area contributed by atoms with Crippen LogP contribution in [-0.4, -0.2) is 19.2 Å². The Morgan fingerprint density at radius 2 is 1.55 bits per heavy atom. The summed E-state index contributed by atoms with van der Waals surface area (Å²) >= 11 is 0. The van der Waals surface area contributed by atoms with E-state index in [9.17, 15) is 9.18 Å². The fourth-order valence-corrected chi connectivity index (χ4v) is 4.82. The van der Waals surface area contributed by atoms with E-state index in [0.717, 1.165) is 18.9 Å². The number of benzene rings is 3. The number of rotatable bonds is 10. The van der Waals surface area contributed by atoms with Crippen LogP contribution in [0.2, 0.25) is 0 Å². The summed E-state index contributed by atoms with van der Waals surface area (Å²) in [6.45, 7) is 4.78. The smallest absolute Gasteiger partial charge is 0.314 e. The van der Waals surface area contributed by atoms with Gasteiger partial charge in [-0.25, -0.2) is 13.2 Å². The summed E-state index contributed by atoms with van der Waals surface area (Å²) < 4.78 is 60.5. The molecule has 38 heavy (non-hydrogen) atoms. The Morgan fingerprint density at radius 3 is 2.21 bits per heavy atom. The molecule has 1 aliphatic rings. The SMILES string of the molecule is CCCCOc1ccc(-c2ccc(C3CCC(C(=O)Oc4ccc(OCC)c(F)c4)CC3)c(F)c2F)cc1.